The molecule has 0 aromatic carbocycles. The molecule has 5 heteroatoms. The molecule has 0 aliphatic rings. The van der Waals surface area contributed by atoms with Crippen molar-refractivity contribution in [3.8, 4) is 11.6 Å². The highest BCUT2D eigenvalue weighted by Crippen LogP contribution is 2.15. The van der Waals surface area contributed by atoms with Gasteiger partial charge in [-0.05, 0) is 12.1 Å². The molecule has 0 spiro atoms. The van der Waals surface area contributed by atoms with Crippen LogP contribution in [0.3, 0.4) is 0 Å². The van der Waals surface area contributed by atoms with Crippen molar-refractivity contribution in [3.63, 3.8) is 0 Å². The van der Waals surface area contributed by atoms with E-state index in [-0.39, 0.29) is 0 Å². The molecule has 0 bridgehead atoms. The first-order valence-corrected chi connectivity index (χ1v) is 4.55. The van der Waals surface area contributed by atoms with Gasteiger partial charge in [0.2, 0.25) is 5.89 Å². The molecule has 2 aromatic rings. The van der Waals surface area contributed by atoms with Gasteiger partial charge in [0.15, 0.2) is 0 Å². The Bertz CT molecular complexity index is 453. The molecule has 0 fully saturated rings. The molecule has 2 rings (SSSR count). The van der Waals surface area contributed by atoms with Crippen LogP contribution in [-0.2, 0) is 11.3 Å². The van der Waals surface area contributed by atoms with E-state index in [1.807, 2.05) is 18.2 Å². The highest BCUT2D eigenvalue weighted by molar-refractivity contribution is 5.45. The third-order valence-electron chi connectivity index (χ3n) is 1.84. The minimum atomic E-state index is 0.436. The van der Waals surface area contributed by atoms with Crippen molar-refractivity contribution in [1.29, 1.82) is 0 Å². The van der Waals surface area contributed by atoms with Crippen LogP contribution in [0.2, 0.25) is 0 Å². The summed E-state index contributed by atoms with van der Waals surface area (Å²) in [6.45, 7) is 2.22. The van der Waals surface area contributed by atoms with E-state index < -0.39 is 0 Å². The minimum absolute atomic E-state index is 0.436. The van der Waals surface area contributed by atoms with Gasteiger partial charge >= 0.3 is 0 Å². The van der Waals surface area contributed by atoms with Gasteiger partial charge in [-0.15, -0.1) is 10.2 Å². The third-order valence-corrected chi connectivity index (χ3v) is 1.84. The maximum absolute atomic E-state index is 5.28. The highest BCUT2D eigenvalue weighted by Gasteiger charge is 2.07. The Morgan fingerprint density at radius 3 is 2.87 bits per heavy atom. The Morgan fingerprint density at radius 2 is 2.20 bits per heavy atom. The SMILES string of the molecule is COCc1cccc(-c2nnc(C)o2)n1. The van der Waals surface area contributed by atoms with Crippen molar-refractivity contribution < 1.29 is 9.15 Å². The van der Waals surface area contributed by atoms with Crippen LogP contribution in [0, 0.1) is 6.92 Å². The van der Waals surface area contributed by atoms with Crippen LogP contribution in [0.5, 0.6) is 0 Å². The average molecular weight is 205 g/mol. The van der Waals surface area contributed by atoms with Crippen molar-refractivity contribution >= 4 is 0 Å². The first kappa shape index (κ1) is 9.79. The quantitative estimate of drug-likeness (QED) is 0.761. The lowest BCUT2D eigenvalue weighted by atomic mass is 10.3. The van der Waals surface area contributed by atoms with Crippen molar-refractivity contribution in [1.82, 2.24) is 15.2 Å². The zero-order valence-electron chi connectivity index (χ0n) is 8.60. The van der Waals surface area contributed by atoms with E-state index in [9.17, 15) is 0 Å². The van der Waals surface area contributed by atoms with E-state index in [2.05, 4.69) is 15.2 Å². The summed E-state index contributed by atoms with van der Waals surface area (Å²) >= 11 is 0. The Kier molecular flexibility index (Phi) is 2.73. The van der Waals surface area contributed by atoms with Gasteiger partial charge in [0, 0.05) is 14.0 Å². The van der Waals surface area contributed by atoms with Crippen molar-refractivity contribution in [3.05, 3.63) is 29.8 Å². The molecule has 0 atom stereocenters. The Hall–Kier alpha value is -1.75. The number of hydrogen-bond acceptors (Lipinski definition) is 5. The summed E-state index contributed by atoms with van der Waals surface area (Å²) in [5.41, 5.74) is 1.51. The lowest BCUT2D eigenvalue weighted by Crippen LogP contribution is -1.93. The molecule has 2 aromatic heterocycles. The van der Waals surface area contributed by atoms with Gasteiger partial charge in [0.05, 0.1) is 12.3 Å². The summed E-state index contributed by atoms with van der Waals surface area (Å²) in [7, 11) is 1.63. The Morgan fingerprint density at radius 1 is 1.33 bits per heavy atom. The zero-order valence-corrected chi connectivity index (χ0v) is 8.60. The second-order valence-corrected chi connectivity index (χ2v) is 3.07. The van der Waals surface area contributed by atoms with Crippen LogP contribution in [0.4, 0.5) is 0 Å². The fraction of sp³-hybridized carbons (Fsp3) is 0.300. The number of rotatable bonds is 3. The number of ether oxygens (including phenoxy) is 1. The number of pyridine rings is 1. The number of hydrogen-bond donors (Lipinski definition) is 0. The summed E-state index contributed by atoms with van der Waals surface area (Å²) < 4.78 is 10.3. The van der Waals surface area contributed by atoms with E-state index in [1.165, 1.54) is 0 Å². The predicted octanol–water partition coefficient (Wildman–Crippen LogP) is 1.59. The number of methoxy groups -OCH3 is 1. The van der Waals surface area contributed by atoms with E-state index in [1.54, 1.807) is 14.0 Å². The number of nitrogens with zero attached hydrogens (tertiary/aromatic N) is 3. The van der Waals surface area contributed by atoms with Gasteiger partial charge in [-0.1, -0.05) is 6.07 Å². The van der Waals surface area contributed by atoms with Crippen LogP contribution >= 0.6 is 0 Å². The van der Waals surface area contributed by atoms with Gasteiger partial charge in [-0.3, -0.25) is 0 Å². The molecule has 0 unspecified atom stereocenters. The molecule has 15 heavy (non-hydrogen) atoms. The van der Waals surface area contributed by atoms with Gasteiger partial charge in [-0.2, -0.15) is 0 Å². The summed E-state index contributed by atoms with van der Waals surface area (Å²) in [6.07, 6.45) is 0. The van der Waals surface area contributed by atoms with Crippen LogP contribution in [0.1, 0.15) is 11.6 Å². The maximum atomic E-state index is 5.28. The summed E-state index contributed by atoms with van der Waals surface area (Å²) in [6, 6.07) is 5.60. The highest BCUT2D eigenvalue weighted by atomic mass is 16.5. The van der Waals surface area contributed by atoms with E-state index >= 15 is 0 Å². The van der Waals surface area contributed by atoms with Crippen molar-refractivity contribution in [2.24, 2.45) is 0 Å². The zero-order chi connectivity index (χ0) is 10.7. The largest absolute Gasteiger partial charge is 0.420 e. The van der Waals surface area contributed by atoms with Gasteiger partial charge < -0.3 is 9.15 Å². The number of aryl methyl sites for hydroxylation is 1. The summed E-state index contributed by atoms with van der Waals surface area (Å²) in [5, 5.41) is 7.65. The molecular formula is C10H11N3O2. The Labute approximate surface area is 87.1 Å². The van der Waals surface area contributed by atoms with Crippen molar-refractivity contribution in [2.75, 3.05) is 7.11 Å². The molecule has 0 saturated heterocycles. The smallest absolute Gasteiger partial charge is 0.266 e. The standard InChI is InChI=1S/C10H11N3O2/c1-7-12-13-10(15-7)9-5-3-4-8(11-9)6-14-2/h3-5H,6H2,1-2H3. The molecule has 0 saturated carbocycles. The molecule has 78 valence electrons. The fourth-order valence-electron chi connectivity index (χ4n) is 1.23. The normalized spacial score (nSPS) is 10.5. The lowest BCUT2D eigenvalue weighted by molar-refractivity contribution is 0.181. The van der Waals surface area contributed by atoms with Gasteiger partial charge in [-0.25, -0.2) is 4.98 Å². The first-order valence-electron chi connectivity index (χ1n) is 4.55. The molecule has 0 radical (unpaired) electrons. The average Bonchev–Trinajstić information content (AvgIpc) is 2.66. The van der Waals surface area contributed by atoms with Gasteiger partial charge in [0.1, 0.15) is 5.69 Å². The lowest BCUT2D eigenvalue weighted by Gasteiger charge is -1.99. The molecule has 0 aliphatic heterocycles. The third kappa shape index (κ3) is 2.19. The minimum Gasteiger partial charge on any atom is -0.420 e. The van der Waals surface area contributed by atoms with Crippen LogP contribution < -0.4 is 0 Å². The first-order chi connectivity index (χ1) is 7.29. The topological polar surface area (TPSA) is 61.0 Å². The molecule has 2 heterocycles. The van der Waals surface area contributed by atoms with E-state index in [4.69, 9.17) is 9.15 Å². The molecule has 0 N–H and O–H groups in total. The summed E-state index contributed by atoms with van der Waals surface area (Å²) in [4.78, 5) is 4.32. The van der Waals surface area contributed by atoms with E-state index in [0.717, 1.165) is 5.69 Å². The summed E-state index contributed by atoms with van der Waals surface area (Å²) in [5.74, 6) is 0.967. The van der Waals surface area contributed by atoms with Crippen LogP contribution in [0.25, 0.3) is 11.6 Å². The predicted molar refractivity (Wildman–Crippen MR) is 53.0 cm³/mol. The van der Waals surface area contributed by atoms with E-state index in [0.29, 0.717) is 24.1 Å². The Balaban J connectivity index is 2.32. The maximum Gasteiger partial charge on any atom is 0.266 e. The molecule has 0 amide bonds. The monoisotopic (exact) mass is 205 g/mol. The second kappa shape index (κ2) is 4.18. The van der Waals surface area contributed by atoms with Crippen molar-refractivity contribution in [2.45, 2.75) is 13.5 Å². The number of aromatic nitrogens is 3. The van der Waals surface area contributed by atoms with Gasteiger partial charge in [0.25, 0.3) is 5.89 Å². The van der Waals surface area contributed by atoms with Crippen LogP contribution in [-0.4, -0.2) is 22.3 Å². The fourth-order valence-corrected chi connectivity index (χ4v) is 1.23. The molecular weight excluding hydrogens is 194 g/mol. The molecule has 0 aliphatic carbocycles. The second-order valence-electron chi connectivity index (χ2n) is 3.07. The molecule has 5 nitrogen and oxygen atoms in total. The van der Waals surface area contributed by atoms with Crippen LogP contribution in [0.15, 0.2) is 22.6 Å².